The van der Waals surface area contributed by atoms with Crippen LogP contribution in [0, 0.1) is 19.3 Å². The van der Waals surface area contributed by atoms with Crippen molar-refractivity contribution in [3.05, 3.63) is 29.3 Å². The van der Waals surface area contributed by atoms with Gasteiger partial charge in [0.15, 0.2) is 0 Å². The highest BCUT2D eigenvalue weighted by molar-refractivity contribution is 5.67. The quantitative estimate of drug-likeness (QED) is 0.823. The lowest BCUT2D eigenvalue weighted by Gasteiger charge is -2.24. The van der Waals surface area contributed by atoms with Gasteiger partial charge in [0.05, 0.1) is 6.42 Å². The maximum atomic E-state index is 10.7. The second-order valence-corrected chi connectivity index (χ2v) is 5.41. The first-order valence-electron chi connectivity index (χ1n) is 5.83. The molecule has 1 aromatic rings. The summed E-state index contributed by atoms with van der Waals surface area (Å²) in [7, 11) is 0. The number of anilines is 1. The molecule has 0 aliphatic heterocycles. The van der Waals surface area contributed by atoms with Crippen molar-refractivity contribution >= 4 is 11.7 Å². The van der Waals surface area contributed by atoms with Gasteiger partial charge < -0.3 is 10.4 Å². The number of carboxylic acid groups (broad SMARTS) is 1. The molecule has 0 saturated heterocycles. The summed E-state index contributed by atoms with van der Waals surface area (Å²) in [6.45, 7) is 8.67. The van der Waals surface area contributed by atoms with Crippen LogP contribution in [0.5, 0.6) is 0 Å². The van der Waals surface area contributed by atoms with Crippen LogP contribution < -0.4 is 5.32 Å². The molecule has 1 rings (SSSR count). The number of benzene rings is 1. The summed E-state index contributed by atoms with van der Waals surface area (Å²) in [5, 5.41) is 12.2. The Bertz CT molecular complexity index is 411. The maximum Gasteiger partial charge on any atom is 0.303 e. The molecule has 0 aliphatic rings. The minimum absolute atomic E-state index is 0.171. The molecule has 1 aromatic carbocycles. The van der Waals surface area contributed by atoms with E-state index < -0.39 is 5.97 Å². The standard InChI is InChI=1S/C14H21NO2/c1-10-5-6-11(2)12(7-10)15-9-14(3,4)8-13(16)17/h5-7,15H,8-9H2,1-4H3,(H,16,17). The zero-order valence-corrected chi connectivity index (χ0v) is 11.0. The van der Waals surface area contributed by atoms with Gasteiger partial charge in [-0.1, -0.05) is 26.0 Å². The van der Waals surface area contributed by atoms with E-state index in [4.69, 9.17) is 5.11 Å². The monoisotopic (exact) mass is 235 g/mol. The number of rotatable bonds is 5. The third-order valence-corrected chi connectivity index (χ3v) is 2.78. The third-order valence-electron chi connectivity index (χ3n) is 2.78. The number of aryl methyl sites for hydroxylation is 2. The molecule has 0 fully saturated rings. The smallest absolute Gasteiger partial charge is 0.303 e. The highest BCUT2D eigenvalue weighted by Gasteiger charge is 2.21. The Kier molecular flexibility index (Phi) is 4.16. The molecule has 0 atom stereocenters. The average Bonchev–Trinajstić information content (AvgIpc) is 2.17. The Labute approximate surface area is 103 Å². The number of hydrogen-bond acceptors (Lipinski definition) is 2. The lowest BCUT2D eigenvalue weighted by atomic mass is 9.89. The van der Waals surface area contributed by atoms with Crippen molar-refractivity contribution in [3.63, 3.8) is 0 Å². The van der Waals surface area contributed by atoms with Gasteiger partial charge in [0.25, 0.3) is 0 Å². The van der Waals surface area contributed by atoms with Crippen LogP contribution in [0.3, 0.4) is 0 Å². The van der Waals surface area contributed by atoms with E-state index in [1.54, 1.807) is 0 Å². The Morgan fingerprint density at radius 2 is 2.00 bits per heavy atom. The first kappa shape index (κ1) is 13.6. The van der Waals surface area contributed by atoms with Crippen molar-refractivity contribution in [1.82, 2.24) is 0 Å². The molecule has 3 heteroatoms. The van der Waals surface area contributed by atoms with Crippen molar-refractivity contribution in [2.24, 2.45) is 5.41 Å². The van der Waals surface area contributed by atoms with Gasteiger partial charge in [0.1, 0.15) is 0 Å². The minimum atomic E-state index is -0.752. The summed E-state index contributed by atoms with van der Waals surface area (Å²) in [6, 6.07) is 6.23. The number of carboxylic acids is 1. The lowest BCUT2D eigenvalue weighted by molar-refractivity contribution is -0.139. The second kappa shape index (κ2) is 5.21. The van der Waals surface area contributed by atoms with Crippen LogP contribution >= 0.6 is 0 Å². The topological polar surface area (TPSA) is 49.3 Å². The highest BCUT2D eigenvalue weighted by atomic mass is 16.4. The summed E-state index contributed by atoms with van der Waals surface area (Å²) >= 11 is 0. The summed E-state index contributed by atoms with van der Waals surface area (Å²) in [5.41, 5.74) is 3.22. The number of nitrogens with one attached hydrogen (secondary N) is 1. The van der Waals surface area contributed by atoms with E-state index in [2.05, 4.69) is 23.5 Å². The maximum absolute atomic E-state index is 10.7. The van der Waals surface area contributed by atoms with Crippen molar-refractivity contribution in [2.75, 3.05) is 11.9 Å². The summed E-state index contributed by atoms with van der Waals surface area (Å²) in [5.74, 6) is -0.752. The molecule has 0 spiro atoms. The van der Waals surface area contributed by atoms with E-state index >= 15 is 0 Å². The van der Waals surface area contributed by atoms with Crippen LogP contribution in [0.4, 0.5) is 5.69 Å². The van der Waals surface area contributed by atoms with Gasteiger partial charge in [-0.2, -0.15) is 0 Å². The molecule has 0 aliphatic carbocycles. The van der Waals surface area contributed by atoms with Crippen LogP contribution in [-0.2, 0) is 4.79 Å². The zero-order chi connectivity index (χ0) is 13.1. The predicted octanol–water partition coefficient (Wildman–Crippen LogP) is 3.22. The molecular weight excluding hydrogens is 214 g/mol. The number of carbonyl (C=O) groups is 1. The molecular formula is C14H21NO2. The van der Waals surface area contributed by atoms with E-state index in [0.717, 1.165) is 5.69 Å². The van der Waals surface area contributed by atoms with Crippen molar-refractivity contribution in [2.45, 2.75) is 34.1 Å². The van der Waals surface area contributed by atoms with Crippen LogP contribution in [-0.4, -0.2) is 17.6 Å². The molecule has 0 radical (unpaired) electrons. The lowest BCUT2D eigenvalue weighted by Crippen LogP contribution is -2.26. The van der Waals surface area contributed by atoms with E-state index in [1.165, 1.54) is 11.1 Å². The summed E-state index contributed by atoms with van der Waals surface area (Å²) < 4.78 is 0. The average molecular weight is 235 g/mol. The summed E-state index contributed by atoms with van der Waals surface area (Å²) in [4.78, 5) is 10.7. The van der Waals surface area contributed by atoms with Crippen LogP contribution in [0.25, 0.3) is 0 Å². The van der Waals surface area contributed by atoms with Crippen LogP contribution in [0.1, 0.15) is 31.4 Å². The van der Waals surface area contributed by atoms with Gasteiger partial charge in [0, 0.05) is 12.2 Å². The van der Waals surface area contributed by atoms with Gasteiger partial charge in [-0.3, -0.25) is 4.79 Å². The first-order chi connectivity index (χ1) is 7.80. The first-order valence-corrected chi connectivity index (χ1v) is 5.83. The minimum Gasteiger partial charge on any atom is -0.481 e. The van der Waals surface area contributed by atoms with Crippen molar-refractivity contribution < 1.29 is 9.90 Å². The van der Waals surface area contributed by atoms with Gasteiger partial charge in [-0.05, 0) is 36.5 Å². The van der Waals surface area contributed by atoms with E-state index in [-0.39, 0.29) is 11.8 Å². The number of hydrogen-bond donors (Lipinski definition) is 2. The Balaban J connectivity index is 2.66. The fourth-order valence-electron chi connectivity index (χ4n) is 1.73. The molecule has 0 aromatic heterocycles. The fraction of sp³-hybridized carbons (Fsp3) is 0.500. The van der Waals surface area contributed by atoms with Gasteiger partial charge in [-0.25, -0.2) is 0 Å². The van der Waals surface area contributed by atoms with Crippen LogP contribution in [0.2, 0.25) is 0 Å². The molecule has 94 valence electrons. The molecule has 0 unspecified atom stereocenters. The highest BCUT2D eigenvalue weighted by Crippen LogP contribution is 2.23. The van der Waals surface area contributed by atoms with E-state index in [0.29, 0.717) is 6.54 Å². The molecule has 0 heterocycles. The SMILES string of the molecule is Cc1ccc(C)c(NCC(C)(C)CC(=O)O)c1. The third kappa shape index (κ3) is 4.47. The van der Waals surface area contributed by atoms with E-state index in [1.807, 2.05) is 27.7 Å². The fourth-order valence-corrected chi connectivity index (χ4v) is 1.73. The Morgan fingerprint density at radius 3 is 2.59 bits per heavy atom. The largest absolute Gasteiger partial charge is 0.481 e. The van der Waals surface area contributed by atoms with Gasteiger partial charge in [0.2, 0.25) is 0 Å². The molecule has 0 saturated carbocycles. The summed E-state index contributed by atoms with van der Waals surface area (Å²) in [6.07, 6.45) is 0.171. The zero-order valence-electron chi connectivity index (χ0n) is 11.0. The van der Waals surface area contributed by atoms with Gasteiger partial charge >= 0.3 is 5.97 Å². The molecule has 3 nitrogen and oxygen atoms in total. The van der Waals surface area contributed by atoms with Crippen molar-refractivity contribution in [3.8, 4) is 0 Å². The van der Waals surface area contributed by atoms with E-state index in [9.17, 15) is 4.79 Å². The normalized spacial score (nSPS) is 11.3. The molecule has 2 N–H and O–H groups in total. The van der Waals surface area contributed by atoms with Crippen molar-refractivity contribution in [1.29, 1.82) is 0 Å². The Hall–Kier alpha value is -1.51. The Morgan fingerprint density at radius 1 is 1.35 bits per heavy atom. The molecule has 0 amide bonds. The molecule has 17 heavy (non-hydrogen) atoms. The second-order valence-electron chi connectivity index (χ2n) is 5.41. The van der Waals surface area contributed by atoms with Crippen LogP contribution in [0.15, 0.2) is 18.2 Å². The van der Waals surface area contributed by atoms with Gasteiger partial charge in [-0.15, -0.1) is 0 Å². The molecule has 0 bridgehead atoms. The predicted molar refractivity (Wildman–Crippen MR) is 70.4 cm³/mol. The number of aliphatic carboxylic acids is 1.